The summed E-state index contributed by atoms with van der Waals surface area (Å²) in [5.41, 5.74) is 11.7. The number of pyridine rings is 3. The number of hydrogen-bond donors (Lipinski definition) is 3. The number of aromatic amines is 1. The Morgan fingerprint density at radius 3 is 1.98 bits per heavy atom. The lowest BCUT2D eigenvalue weighted by Crippen LogP contribution is -2.11. The summed E-state index contributed by atoms with van der Waals surface area (Å²) >= 11 is 18.7. The number of nitrogens with zero attached hydrogens (tertiary/aromatic N) is 2. The van der Waals surface area contributed by atoms with Crippen LogP contribution in [0, 0.1) is 0 Å². The molecule has 0 saturated heterocycles. The van der Waals surface area contributed by atoms with Gasteiger partial charge < -0.3 is 15.8 Å². The molecule has 0 aliphatic carbocycles. The van der Waals surface area contributed by atoms with E-state index in [9.17, 15) is 14.4 Å². The summed E-state index contributed by atoms with van der Waals surface area (Å²) in [4.78, 5) is 46.2. The van der Waals surface area contributed by atoms with Crippen molar-refractivity contribution in [1.82, 2.24) is 15.0 Å². The van der Waals surface area contributed by atoms with E-state index in [4.69, 9.17) is 34.0 Å². The first-order valence-electron chi connectivity index (χ1n) is 15.5. The van der Waals surface area contributed by atoms with Crippen molar-refractivity contribution in [3.63, 3.8) is 0 Å². The number of carboxylic acids is 1. The second-order valence-electron chi connectivity index (χ2n) is 11.2. The van der Waals surface area contributed by atoms with Crippen LogP contribution in [-0.4, -0.2) is 31.8 Å². The fraction of sp³-hybridized carbons (Fsp3) is 0.0250. The number of benzene rings is 4. The number of hydrogen-bond acceptors (Lipinski definition) is 6. The van der Waals surface area contributed by atoms with Crippen molar-refractivity contribution in [2.75, 3.05) is 5.73 Å². The van der Waals surface area contributed by atoms with Crippen molar-refractivity contribution >= 4 is 83.4 Å². The second-order valence-corrected chi connectivity index (χ2v) is 13.9. The Kier molecular flexibility index (Phi) is 13.1. The molecule has 0 aliphatic rings. The molecule has 7 rings (SSSR count). The van der Waals surface area contributed by atoms with Crippen LogP contribution < -0.4 is 11.3 Å². The Labute approximate surface area is 325 Å². The van der Waals surface area contributed by atoms with Gasteiger partial charge in [-0.25, -0.2) is 0 Å². The van der Waals surface area contributed by atoms with Crippen molar-refractivity contribution in [2.24, 2.45) is 0 Å². The predicted molar refractivity (Wildman–Crippen MR) is 215 cm³/mol. The molecule has 8 nitrogen and oxygen atoms in total. The molecular weight excluding hydrogens is 831 g/mol. The molecule has 4 aromatic carbocycles. The molecule has 3 aromatic heterocycles. The molecule has 260 valence electrons. The molecule has 0 amide bonds. The minimum absolute atomic E-state index is 0.0203. The van der Waals surface area contributed by atoms with E-state index in [2.05, 4.69) is 46.8 Å². The number of nitrogens with one attached hydrogen (secondary N) is 1. The third-order valence-electron chi connectivity index (χ3n) is 7.45. The van der Waals surface area contributed by atoms with Gasteiger partial charge >= 0.3 is 5.97 Å². The zero-order valence-corrected chi connectivity index (χ0v) is 31.7. The molecule has 0 fully saturated rings. The highest BCUT2D eigenvalue weighted by Gasteiger charge is 2.17. The van der Waals surface area contributed by atoms with E-state index in [1.54, 1.807) is 67.3 Å². The molecule has 0 atom stereocenters. The lowest BCUT2D eigenvalue weighted by atomic mass is 9.93. The summed E-state index contributed by atoms with van der Waals surface area (Å²) < 4.78 is 1.62. The van der Waals surface area contributed by atoms with Crippen molar-refractivity contribution in [2.45, 2.75) is 6.42 Å². The van der Waals surface area contributed by atoms with Gasteiger partial charge in [0.1, 0.15) is 0 Å². The number of rotatable bonds is 6. The van der Waals surface area contributed by atoms with E-state index in [1.165, 1.54) is 0 Å². The molecule has 4 N–H and O–H groups in total. The number of aromatic nitrogens is 3. The third-order valence-corrected chi connectivity index (χ3v) is 8.78. The Morgan fingerprint density at radius 2 is 1.33 bits per heavy atom. The normalized spacial score (nSPS) is 10.4. The predicted octanol–water partition coefficient (Wildman–Crippen LogP) is 10.3. The standard InChI is InChI=1S/C20H12BrClN2O.C13H10ClNO.C7H6BrNO2/c21-14-8-13(10-23-11-14)19-18(12-4-2-1-3-5-12)16-9-15(22)6-7-17(16)24-20(19)25;14-10-6-7-12(15)11(8-10)13(16)9-4-2-1-3-5-9;8-6-1-5(2-7(10)11)3-9-4-6/h1-11H,(H,24,25);1-8H,15H2;1,3-4H,2H2,(H,10,11). The average Bonchev–Trinajstić information content (AvgIpc) is 3.13. The van der Waals surface area contributed by atoms with E-state index in [0.717, 1.165) is 36.5 Å². The summed E-state index contributed by atoms with van der Waals surface area (Å²) in [5.74, 6) is -0.953. The number of H-pyrrole nitrogens is 1. The summed E-state index contributed by atoms with van der Waals surface area (Å²) in [5, 5.41) is 10.4. The van der Waals surface area contributed by atoms with Crippen molar-refractivity contribution < 1.29 is 14.7 Å². The smallest absolute Gasteiger partial charge is 0.307 e. The topological polar surface area (TPSA) is 139 Å². The molecule has 0 bridgehead atoms. The zero-order chi connectivity index (χ0) is 37.2. The number of anilines is 1. The van der Waals surface area contributed by atoms with Gasteiger partial charge in [-0.15, -0.1) is 0 Å². The van der Waals surface area contributed by atoms with Gasteiger partial charge in [0.05, 0.1) is 12.0 Å². The first kappa shape index (κ1) is 38.1. The fourth-order valence-electron chi connectivity index (χ4n) is 5.19. The van der Waals surface area contributed by atoms with Gasteiger partial charge in [-0.2, -0.15) is 0 Å². The van der Waals surface area contributed by atoms with Gasteiger partial charge in [-0.05, 0) is 91.5 Å². The van der Waals surface area contributed by atoms with Crippen LogP contribution in [0.2, 0.25) is 10.0 Å². The van der Waals surface area contributed by atoms with E-state index in [-0.39, 0.29) is 17.8 Å². The molecule has 0 saturated carbocycles. The largest absolute Gasteiger partial charge is 0.481 e. The van der Waals surface area contributed by atoms with Gasteiger partial charge in [0.15, 0.2) is 5.78 Å². The van der Waals surface area contributed by atoms with Crippen LogP contribution >= 0.6 is 55.1 Å². The van der Waals surface area contributed by atoms with Crippen LogP contribution in [0.3, 0.4) is 0 Å². The number of nitrogen functional groups attached to an aromatic ring is 1. The van der Waals surface area contributed by atoms with Gasteiger partial charge in [0, 0.05) is 82.6 Å². The second kappa shape index (κ2) is 17.9. The highest BCUT2D eigenvalue weighted by molar-refractivity contribution is 9.10. The average molecular weight is 859 g/mol. The minimum Gasteiger partial charge on any atom is -0.481 e. The minimum atomic E-state index is -0.843. The number of ketones is 1. The molecule has 7 aromatic rings. The van der Waals surface area contributed by atoms with E-state index >= 15 is 0 Å². The number of halogens is 4. The number of fused-ring (bicyclic) bond motifs is 1. The first-order chi connectivity index (χ1) is 25.0. The molecule has 52 heavy (non-hydrogen) atoms. The molecule has 3 heterocycles. The van der Waals surface area contributed by atoms with Crippen molar-refractivity contribution in [3.8, 4) is 22.3 Å². The Morgan fingerprint density at radius 1 is 0.712 bits per heavy atom. The van der Waals surface area contributed by atoms with Crippen LogP contribution in [0.4, 0.5) is 5.69 Å². The Balaban J connectivity index is 0.000000166. The van der Waals surface area contributed by atoms with Gasteiger partial charge in [0.2, 0.25) is 0 Å². The van der Waals surface area contributed by atoms with Gasteiger partial charge in [-0.1, -0.05) is 83.9 Å². The fourth-order valence-corrected chi connectivity index (χ4v) is 6.31. The van der Waals surface area contributed by atoms with Crippen LogP contribution in [0.5, 0.6) is 0 Å². The third kappa shape index (κ3) is 10.0. The Hall–Kier alpha value is -5.13. The number of nitrogens with two attached hydrogens (primary N) is 1. The van der Waals surface area contributed by atoms with Gasteiger partial charge in [-0.3, -0.25) is 24.4 Å². The molecule has 0 aliphatic heterocycles. The summed E-state index contributed by atoms with van der Waals surface area (Å²) in [6, 6.07) is 32.8. The highest BCUT2D eigenvalue weighted by Crippen LogP contribution is 2.36. The maximum Gasteiger partial charge on any atom is 0.307 e. The molecule has 0 radical (unpaired) electrons. The van der Waals surface area contributed by atoms with Crippen LogP contribution in [0.15, 0.2) is 148 Å². The van der Waals surface area contributed by atoms with Crippen LogP contribution in [0.25, 0.3) is 33.2 Å². The quantitative estimate of drug-likeness (QED) is 0.112. The van der Waals surface area contributed by atoms with E-state index in [1.807, 2.05) is 66.7 Å². The number of carboxylic acid groups (broad SMARTS) is 1. The number of aliphatic carboxylic acids is 1. The van der Waals surface area contributed by atoms with E-state index in [0.29, 0.717) is 38.0 Å². The zero-order valence-electron chi connectivity index (χ0n) is 27.1. The summed E-state index contributed by atoms with van der Waals surface area (Å²) in [6.07, 6.45) is 6.56. The maximum absolute atomic E-state index is 12.9. The molecular formula is C40H28Br2Cl2N4O4. The lowest BCUT2D eigenvalue weighted by molar-refractivity contribution is -0.136. The summed E-state index contributed by atoms with van der Waals surface area (Å²) in [7, 11) is 0. The number of carbonyl (C=O) groups excluding carboxylic acids is 1. The van der Waals surface area contributed by atoms with E-state index < -0.39 is 5.97 Å². The van der Waals surface area contributed by atoms with Crippen LogP contribution in [0.1, 0.15) is 21.5 Å². The van der Waals surface area contributed by atoms with Crippen molar-refractivity contribution in [1.29, 1.82) is 0 Å². The first-order valence-corrected chi connectivity index (χ1v) is 17.8. The lowest BCUT2D eigenvalue weighted by Gasteiger charge is -2.13. The molecule has 0 spiro atoms. The highest BCUT2D eigenvalue weighted by atomic mass is 79.9. The molecule has 0 unspecified atom stereocenters. The van der Waals surface area contributed by atoms with Gasteiger partial charge in [0.25, 0.3) is 5.56 Å². The molecule has 12 heteroatoms. The number of carbonyl (C=O) groups is 2. The van der Waals surface area contributed by atoms with Crippen LogP contribution in [-0.2, 0) is 11.2 Å². The monoisotopic (exact) mass is 856 g/mol. The Bertz CT molecular complexity index is 2430. The maximum atomic E-state index is 12.9. The summed E-state index contributed by atoms with van der Waals surface area (Å²) in [6.45, 7) is 0. The van der Waals surface area contributed by atoms with Crippen molar-refractivity contribution in [3.05, 3.63) is 180 Å². The SMILES string of the molecule is Nc1ccc(Cl)cc1C(=O)c1ccccc1.O=C(O)Cc1cncc(Br)c1.O=c1[nH]c2ccc(Cl)cc2c(-c2ccccc2)c1-c1cncc(Br)c1.